The molecule has 0 aliphatic heterocycles. The number of carbonyl (C=O) groups excluding carboxylic acids is 1. The average molecular weight is 275 g/mol. The molecule has 2 rings (SSSR count). The van der Waals surface area contributed by atoms with Crippen molar-refractivity contribution in [1.29, 1.82) is 0 Å². The van der Waals surface area contributed by atoms with Crippen LogP contribution in [0.15, 0.2) is 29.4 Å². The van der Waals surface area contributed by atoms with E-state index in [1.165, 1.54) is 30.7 Å². The molecule has 0 heterocycles. The van der Waals surface area contributed by atoms with Crippen LogP contribution in [-0.4, -0.2) is 16.5 Å². The number of hydrogen-bond acceptors (Lipinski definition) is 4. The third-order valence-corrected chi connectivity index (χ3v) is 3.40. The van der Waals surface area contributed by atoms with Crippen LogP contribution in [0.1, 0.15) is 43.0 Å². The second kappa shape index (κ2) is 6.27. The standard InChI is InChI=1S/C14H17N3O3/c1-10-3-2-4-12(9-10)15-16-14(18)11-5-7-13(8-6-11)17(19)20/h5-8,10H,2-4,9H2,1H3,(H,16,18)/b15-12+/t10-/m0/s1. The van der Waals surface area contributed by atoms with E-state index in [2.05, 4.69) is 17.5 Å². The molecule has 0 aromatic heterocycles. The van der Waals surface area contributed by atoms with Gasteiger partial charge in [0.25, 0.3) is 11.6 Å². The number of hydrogen-bond donors (Lipinski definition) is 1. The predicted octanol–water partition coefficient (Wildman–Crippen LogP) is 2.89. The molecule has 0 spiro atoms. The fourth-order valence-corrected chi connectivity index (χ4v) is 2.29. The van der Waals surface area contributed by atoms with E-state index in [-0.39, 0.29) is 11.6 Å². The van der Waals surface area contributed by atoms with Crippen molar-refractivity contribution < 1.29 is 9.72 Å². The van der Waals surface area contributed by atoms with E-state index < -0.39 is 4.92 Å². The molecule has 1 N–H and O–H groups in total. The van der Waals surface area contributed by atoms with E-state index in [0.717, 1.165) is 25.0 Å². The van der Waals surface area contributed by atoms with Crippen LogP contribution in [0.4, 0.5) is 5.69 Å². The zero-order valence-electron chi connectivity index (χ0n) is 11.3. The molecule has 1 aliphatic rings. The zero-order chi connectivity index (χ0) is 14.5. The highest BCUT2D eigenvalue weighted by atomic mass is 16.6. The van der Waals surface area contributed by atoms with Crippen molar-refractivity contribution in [3.8, 4) is 0 Å². The van der Waals surface area contributed by atoms with Gasteiger partial charge in [-0.3, -0.25) is 14.9 Å². The normalized spacial score (nSPS) is 20.6. The maximum atomic E-state index is 11.9. The Labute approximate surface area is 117 Å². The first-order chi connectivity index (χ1) is 9.56. The number of nitro groups is 1. The molecule has 1 aliphatic carbocycles. The van der Waals surface area contributed by atoms with Gasteiger partial charge in [-0.05, 0) is 43.7 Å². The molecule has 1 aromatic rings. The summed E-state index contributed by atoms with van der Waals surface area (Å²) in [7, 11) is 0. The first-order valence-corrected chi connectivity index (χ1v) is 6.66. The summed E-state index contributed by atoms with van der Waals surface area (Å²) in [4.78, 5) is 21.9. The Hall–Kier alpha value is -2.24. The lowest BCUT2D eigenvalue weighted by Crippen LogP contribution is -2.22. The molecule has 6 heteroatoms. The molecule has 0 radical (unpaired) electrons. The molecule has 1 aromatic carbocycles. The monoisotopic (exact) mass is 275 g/mol. The Balaban J connectivity index is 1.97. The number of hydrazone groups is 1. The van der Waals surface area contributed by atoms with Gasteiger partial charge in [0, 0.05) is 23.4 Å². The molecule has 106 valence electrons. The van der Waals surface area contributed by atoms with Crippen LogP contribution < -0.4 is 5.43 Å². The van der Waals surface area contributed by atoms with Crippen molar-refractivity contribution in [3.05, 3.63) is 39.9 Å². The van der Waals surface area contributed by atoms with Crippen molar-refractivity contribution in [2.45, 2.75) is 32.6 Å². The van der Waals surface area contributed by atoms with Crippen molar-refractivity contribution in [1.82, 2.24) is 5.43 Å². The Bertz CT molecular complexity index is 537. The van der Waals surface area contributed by atoms with Gasteiger partial charge in [-0.15, -0.1) is 0 Å². The summed E-state index contributed by atoms with van der Waals surface area (Å²) in [6, 6.07) is 5.48. The fourth-order valence-electron chi connectivity index (χ4n) is 2.29. The van der Waals surface area contributed by atoms with Crippen LogP contribution in [-0.2, 0) is 0 Å². The first-order valence-electron chi connectivity index (χ1n) is 6.66. The lowest BCUT2D eigenvalue weighted by atomic mass is 9.89. The second-order valence-corrected chi connectivity index (χ2v) is 5.12. The fraction of sp³-hybridized carbons (Fsp3) is 0.429. The lowest BCUT2D eigenvalue weighted by Gasteiger charge is -2.18. The average Bonchev–Trinajstić information content (AvgIpc) is 2.45. The summed E-state index contributed by atoms with van der Waals surface area (Å²) < 4.78 is 0. The van der Waals surface area contributed by atoms with E-state index in [9.17, 15) is 14.9 Å². The molecule has 1 atom stereocenters. The number of nitrogens with one attached hydrogen (secondary N) is 1. The summed E-state index contributed by atoms with van der Waals surface area (Å²) in [6.45, 7) is 2.17. The molecule has 0 saturated heterocycles. The molecule has 1 amide bonds. The maximum absolute atomic E-state index is 11.9. The van der Waals surface area contributed by atoms with Gasteiger partial charge >= 0.3 is 0 Å². The second-order valence-electron chi connectivity index (χ2n) is 5.12. The molecule has 0 bridgehead atoms. The van der Waals surface area contributed by atoms with Gasteiger partial charge in [0.15, 0.2) is 0 Å². The Morgan fingerprint density at radius 1 is 1.40 bits per heavy atom. The molecule has 6 nitrogen and oxygen atoms in total. The largest absolute Gasteiger partial charge is 0.271 e. The summed E-state index contributed by atoms with van der Waals surface area (Å²) in [5.74, 6) is 0.268. The quantitative estimate of drug-likeness (QED) is 0.680. The maximum Gasteiger partial charge on any atom is 0.271 e. The van der Waals surface area contributed by atoms with Crippen LogP contribution in [0.2, 0.25) is 0 Å². The Morgan fingerprint density at radius 3 is 2.70 bits per heavy atom. The van der Waals surface area contributed by atoms with Crippen LogP contribution >= 0.6 is 0 Å². The van der Waals surface area contributed by atoms with E-state index >= 15 is 0 Å². The third-order valence-electron chi connectivity index (χ3n) is 3.40. The summed E-state index contributed by atoms with van der Waals surface area (Å²) >= 11 is 0. The van der Waals surface area contributed by atoms with Gasteiger partial charge in [0.2, 0.25) is 0 Å². The highest BCUT2D eigenvalue weighted by Gasteiger charge is 2.14. The third kappa shape index (κ3) is 3.63. The Kier molecular flexibility index (Phi) is 4.45. The molecule has 1 saturated carbocycles. The number of carbonyl (C=O) groups is 1. The summed E-state index contributed by atoms with van der Waals surface area (Å²) in [5.41, 5.74) is 3.86. The number of amides is 1. The minimum absolute atomic E-state index is 0.0334. The zero-order valence-corrected chi connectivity index (χ0v) is 11.3. The van der Waals surface area contributed by atoms with Gasteiger partial charge in [-0.2, -0.15) is 5.10 Å². The van der Waals surface area contributed by atoms with Crippen LogP contribution in [0.5, 0.6) is 0 Å². The molecular formula is C14H17N3O3. The molecule has 1 fully saturated rings. The van der Waals surface area contributed by atoms with Crippen molar-refractivity contribution in [2.75, 3.05) is 0 Å². The highest BCUT2D eigenvalue weighted by molar-refractivity contribution is 5.95. The number of non-ortho nitro benzene ring substituents is 1. The highest BCUT2D eigenvalue weighted by Crippen LogP contribution is 2.21. The van der Waals surface area contributed by atoms with Gasteiger partial charge in [0.05, 0.1) is 4.92 Å². The van der Waals surface area contributed by atoms with E-state index in [0.29, 0.717) is 11.5 Å². The molecule has 0 unspecified atom stereocenters. The smallest absolute Gasteiger partial charge is 0.267 e. The predicted molar refractivity (Wildman–Crippen MR) is 75.6 cm³/mol. The molecular weight excluding hydrogens is 258 g/mol. The lowest BCUT2D eigenvalue weighted by molar-refractivity contribution is -0.384. The van der Waals surface area contributed by atoms with Gasteiger partial charge in [-0.1, -0.05) is 6.92 Å². The van der Waals surface area contributed by atoms with E-state index in [1.54, 1.807) is 0 Å². The number of benzene rings is 1. The minimum atomic E-state index is -0.495. The van der Waals surface area contributed by atoms with Gasteiger partial charge < -0.3 is 0 Å². The van der Waals surface area contributed by atoms with E-state index in [1.807, 2.05) is 0 Å². The van der Waals surface area contributed by atoms with Crippen molar-refractivity contribution >= 4 is 17.3 Å². The van der Waals surface area contributed by atoms with E-state index in [4.69, 9.17) is 0 Å². The van der Waals surface area contributed by atoms with Crippen molar-refractivity contribution in [3.63, 3.8) is 0 Å². The number of nitro benzene ring substituents is 1. The van der Waals surface area contributed by atoms with Crippen LogP contribution in [0.25, 0.3) is 0 Å². The SMILES string of the molecule is C[C@H]1CCC/C(=N\NC(=O)c2ccc([N+](=O)[O-])cc2)C1. The first kappa shape index (κ1) is 14.2. The minimum Gasteiger partial charge on any atom is -0.267 e. The summed E-state index contributed by atoms with van der Waals surface area (Å²) in [5, 5.41) is 14.7. The van der Waals surface area contributed by atoms with Crippen LogP contribution in [0.3, 0.4) is 0 Å². The number of nitrogens with zero attached hydrogens (tertiary/aromatic N) is 2. The summed E-state index contributed by atoms with van der Waals surface area (Å²) in [6.07, 6.45) is 4.15. The number of rotatable bonds is 3. The van der Waals surface area contributed by atoms with Gasteiger partial charge in [0.1, 0.15) is 0 Å². The Morgan fingerprint density at radius 2 is 2.10 bits per heavy atom. The molecule has 20 heavy (non-hydrogen) atoms. The van der Waals surface area contributed by atoms with Crippen LogP contribution in [0, 0.1) is 16.0 Å². The topological polar surface area (TPSA) is 84.6 Å². The van der Waals surface area contributed by atoms with Gasteiger partial charge in [-0.25, -0.2) is 5.43 Å². The van der Waals surface area contributed by atoms with Crippen molar-refractivity contribution in [2.24, 2.45) is 11.0 Å².